The minimum atomic E-state index is -1.23. The van der Waals surface area contributed by atoms with Gasteiger partial charge >= 0.3 is 5.97 Å². The second-order valence-electron chi connectivity index (χ2n) is 4.74. The highest BCUT2D eigenvalue weighted by atomic mass is 16.5. The quantitative estimate of drug-likeness (QED) is 0.860. The van der Waals surface area contributed by atoms with Gasteiger partial charge in [0.15, 0.2) is 0 Å². The summed E-state index contributed by atoms with van der Waals surface area (Å²) in [6.07, 6.45) is 3.83. The molecule has 2 rings (SSSR count). The van der Waals surface area contributed by atoms with Crippen molar-refractivity contribution in [2.24, 2.45) is 0 Å². The Kier molecular flexibility index (Phi) is 3.73. The fraction of sp³-hybridized carbons (Fsp3) is 0.615. The van der Waals surface area contributed by atoms with E-state index in [4.69, 9.17) is 14.3 Å². The van der Waals surface area contributed by atoms with Gasteiger partial charge in [0.2, 0.25) is 0 Å². The molecule has 1 aromatic heterocycles. The van der Waals surface area contributed by atoms with Crippen molar-refractivity contribution in [1.82, 2.24) is 0 Å². The van der Waals surface area contributed by atoms with Crippen LogP contribution in [0.5, 0.6) is 0 Å². The molecule has 0 aromatic carbocycles. The molecular weight excluding hydrogens is 236 g/mol. The largest absolute Gasteiger partial charge is 0.478 e. The fourth-order valence-electron chi connectivity index (χ4n) is 2.48. The van der Waals surface area contributed by atoms with Crippen LogP contribution in [0, 0.1) is 0 Å². The normalized spacial score (nSPS) is 28.2. The molecule has 1 saturated heterocycles. The van der Waals surface area contributed by atoms with Gasteiger partial charge in [0.05, 0.1) is 19.0 Å². The zero-order valence-electron chi connectivity index (χ0n) is 10.4. The van der Waals surface area contributed by atoms with Crippen LogP contribution >= 0.6 is 0 Å². The van der Waals surface area contributed by atoms with E-state index in [0.717, 1.165) is 12.8 Å². The molecule has 0 amide bonds. The van der Waals surface area contributed by atoms with Gasteiger partial charge in [-0.25, -0.2) is 4.79 Å². The second kappa shape index (κ2) is 5.12. The van der Waals surface area contributed by atoms with Crippen molar-refractivity contribution in [1.29, 1.82) is 0 Å². The number of hydrogen-bond donors (Lipinski definition) is 2. The third-order valence-corrected chi connectivity index (χ3v) is 3.36. The standard InChI is InChI=1S/C13H18O5/c1-2-3-9-8-13(16,5-7-17-9)11-10(12(14)15)4-6-18-11/h4,6,9,16H,2-3,5,7-8H2,1H3,(H,14,15). The Morgan fingerprint density at radius 2 is 2.39 bits per heavy atom. The molecule has 0 saturated carbocycles. The number of rotatable bonds is 4. The maximum atomic E-state index is 11.1. The van der Waals surface area contributed by atoms with Crippen molar-refractivity contribution in [2.45, 2.75) is 44.3 Å². The maximum Gasteiger partial charge on any atom is 0.339 e. The molecule has 2 N–H and O–H groups in total. The number of aromatic carboxylic acids is 1. The summed E-state index contributed by atoms with van der Waals surface area (Å²) < 4.78 is 10.8. The molecule has 1 aromatic rings. The average molecular weight is 254 g/mol. The molecule has 100 valence electrons. The molecular formula is C13H18O5. The SMILES string of the molecule is CCCC1CC(O)(c2occc2C(=O)O)CCO1. The number of hydrogen-bond acceptors (Lipinski definition) is 4. The molecule has 1 fully saturated rings. The van der Waals surface area contributed by atoms with Crippen molar-refractivity contribution in [2.75, 3.05) is 6.61 Å². The Morgan fingerprint density at radius 1 is 1.61 bits per heavy atom. The first kappa shape index (κ1) is 13.1. The highest BCUT2D eigenvalue weighted by Crippen LogP contribution is 2.38. The Balaban J connectivity index is 2.24. The topological polar surface area (TPSA) is 79.9 Å². The van der Waals surface area contributed by atoms with E-state index in [1.54, 1.807) is 0 Å². The van der Waals surface area contributed by atoms with E-state index in [1.807, 2.05) is 6.92 Å². The van der Waals surface area contributed by atoms with E-state index in [0.29, 0.717) is 19.4 Å². The van der Waals surface area contributed by atoms with E-state index in [-0.39, 0.29) is 17.4 Å². The summed E-state index contributed by atoms with van der Waals surface area (Å²) in [6.45, 7) is 2.47. The summed E-state index contributed by atoms with van der Waals surface area (Å²) in [6, 6.07) is 1.37. The third kappa shape index (κ3) is 2.42. The second-order valence-corrected chi connectivity index (χ2v) is 4.74. The van der Waals surface area contributed by atoms with E-state index in [1.165, 1.54) is 12.3 Å². The van der Waals surface area contributed by atoms with Gasteiger partial charge in [0, 0.05) is 12.8 Å². The van der Waals surface area contributed by atoms with Crippen LogP contribution in [0.4, 0.5) is 0 Å². The molecule has 5 heteroatoms. The van der Waals surface area contributed by atoms with Crippen LogP contribution in [0.15, 0.2) is 16.7 Å². The van der Waals surface area contributed by atoms with E-state index < -0.39 is 11.6 Å². The molecule has 0 spiro atoms. The van der Waals surface area contributed by atoms with E-state index in [9.17, 15) is 9.90 Å². The lowest BCUT2D eigenvalue weighted by molar-refractivity contribution is -0.119. The van der Waals surface area contributed by atoms with E-state index in [2.05, 4.69) is 0 Å². The van der Waals surface area contributed by atoms with Crippen LogP contribution in [0.2, 0.25) is 0 Å². The average Bonchev–Trinajstić information content (AvgIpc) is 2.79. The molecule has 1 aliphatic heterocycles. The zero-order valence-corrected chi connectivity index (χ0v) is 10.4. The van der Waals surface area contributed by atoms with Crippen molar-refractivity contribution in [3.05, 3.63) is 23.7 Å². The smallest absolute Gasteiger partial charge is 0.339 e. The minimum absolute atomic E-state index is 0.0367. The Labute approximate surface area is 105 Å². The Bertz CT molecular complexity index is 423. The van der Waals surface area contributed by atoms with Gasteiger partial charge in [-0.15, -0.1) is 0 Å². The van der Waals surface area contributed by atoms with Crippen molar-refractivity contribution in [3.63, 3.8) is 0 Å². The first-order valence-corrected chi connectivity index (χ1v) is 6.22. The summed E-state index contributed by atoms with van der Waals surface area (Å²) in [4.78, 5) is 11.1. The van der Waals surface area contributed by atoms with Gasteiger partial charge in [-0.05, 0) is 12.5 Å². The summed E-state index contributed by atoms with van der Waals surface area (Å²) in [5, 5.41) is 19.7. The third-order valence-electron chi connectivity index (χ3n) is 3.36. The highest BCUT2D eigenvalue weighted by molar-refractivity contribution is 5.89. The van der Waals surface area contributed by atoms with Crippen LogP contribution < -0.4 is 0 Å². The van der Waals surface area contributed by atoms with E-state index >= 15 is 0 Å². The van der Waals surface area contributed by atoms with Gasteiger partial charge < -0.3 is 19.4 Å². The predicted octanol–water partition coefficient (Wildman–Crippen LogP) is 2.14. The fourth-order valence-corrected chi connectivity index (χ4v) is 2.48. The maximum absolute atomic E-state index is 11.1. The van der Waals surface area contributed by atoms with Gasteiger partial charge in [0.1, 0.15) is 16.9 Å². The first-order valence-electron chi connectivity index (χ1n) is 6.22. The summed E-state index contributed by atoms with van der Waals surface area (Å²) in [5.41, 5.74) is -1.19. The van der Waals surface area contributed by atoms with Gasteiger partial charge in [-0.3, -0.25) is 0 Å². The van der Waals surface area contributed by atoms with Gasteiger partial charge in [0.25, 0.3) is 0 Å². The predicted molar refractivity (Wildman–Crippen MR) is 63.4 cm³/mol. The number of ether oxygens (including phenoxy) is 1. The van der Waals surface area contributed by atoms with Gasteiger partial charge in [-0.1, -0.05) is 13.3 Å². The number of furan rings is 1. The molecule has 0 radical (unpaired) electrons. The summed E-state index contributed by atoms with van der Waals surface area (Å²) in [5.74, 6) is -0.926. The molecule has 5 nitrogen and oxygen atoms in total. The molecule has 2 unspecified atom stereocenters. The van der Waals surface area contributed by atoms with Crippen LogP contribution in [0.3, 0.4) is 0 Å². The Morgan fingerprint density at radius 3 is 3.06 bits per heavy atom. The lowest BCUT2D eigenvalue weighted by Crippen LogP contribution is -2.39. The zero-order chi connectivity index (χ0) is 13.2. The molecule has 0 aliphatic carbocycles. The molecule has 2 atom stereocenters. The highest BCUT2D eigenvalue weighted by Gasteiger charge is 2.41. The van der Waals surface area contributed by atoms with Crippen LogP contribution in [-0.2, 0) is 10.3 Å². The number of carboxylic acids is 1. The van der Waals surface area contributed by atoms with Crippen molar-refractivity contribution < 1.29 is 24.2 Å². The lowest BCUT2D eigenvalue weighted by atomic mass is 9.85. The first-order chi connectivity index (χ1) is 8.57. The van der Waals surface area contributed by atoms with Crippen molar-refractivity contribution >= 4 is 5.97 Å². The molecule has 1 aliphatic rings. The monoisotopic (exact) mass is 254 g/mol. The van der Waals surface area contributed by atoms with Crippen LogP contribution in [0.1, 0.15) is 48.7 Å². The van der Waals surface area contributed by atoms with Crippen LogP contribution in [0.25, 0.3) is 0 Å². The molecule has 18 heavy (non-hydrogen) atoms. The van der Waals surface area contributed by atoms with Crippen molar-refractivity contribution in [3.8, 4) is 0 Å². The summed E-state index contributed by atoms with van der Waals surface area (Å²) in [7, 11) is 0. The lowest BCUT2D eigenvalue weighted by Gasteiger charge is -2.35. The molecule has 2 heterocycles. The Hall–Kier alpha value is -1.33. The van der Waals surface area contributed by atoms with Crippen LogP contribution in [-0.4, -0.2) is 28.9 Å². The number of carboxylic acid groups (broad SMARTS) is 1. The molecule has 0 bridgehead atoms. The summed E-state index contributed by atoms with van der Waals surface area (Å²) >= 11 is 0. The number of carbonyl (C=O) groups is 1. The van der Waals surface area contributed by atoms with Gasteiger partial charge in [-0.2, -0.15) is 0 Å². The number of aliphatic hydroxyl groups is 1. The minimum Gasteiger partial charge on any atom is -0.478 e.